The summed E-state index contributed by atoms with van der Waals surface area (Å²) in [6, 6.07) is 8.41. The Morgan fingerprint density at radius 2 is 1.93 bits per heavy atom. The van der Waals surface area contributed by atoms with Crippen molar-refractivity contribution in [1.29, 1.82) is 0 Å². The molecule has 28 heavy (non-hydrogen) atoms. The van der Waals surface area contributed by atoms with E-state index in [4.69, 9.17) is 10.8 Å². The van der Waals surface area contributed by atoms with E-state index in [0.717, 1.165) is 0 Å². The maximum atomic E-state index is 12.7. The van der Waals surface area contributed by atoms with E-state index < -0.39 is 0 Å². The van der Waals surface area contributed by atoms with Crippen molar-refractivity contribution in [3.8, 4) is 12.3 Å². The first-order valence-electron chi connectivity index (χ1n) is 9.03. The molecule has 2 N–H and O–H groups in total. The lowest BCUT2D eigenvalue weighted by atomic mass is 9.95. The second kappa shape index (κ2) is 8.91. The van der Waals surface area contributed by atoms with E-state index in [-0.39, 0.29) is 30.2 Å². The molecule has 0 aliphatic carbocycles. The van der Waals surface area contributed by atoms with Crippen LogP contribution < -0.4 is 10.6 Å². The minimum absolute atomic E-state index is 0.0943. The highest BCUT2D eigenvalue weighted by Gasteiger charge is 2.28. The maximum Gasteiger partial charge on any atom is 0.257 e. The Morgan fingerprint density at radius 3 is 2.61 bits per heavy atom. The maximum absolute atomic E-state index is 12.7. The molecule has 0 spiro atoms. The summed E-state index contributed by atoms with van der Waals surface area (Å²) in [5, 5.41) is 5.43. The zero-order valence-electron chi connectivity index (χ0n) is 15.3. The summed E-state index contributed by atoms with van der Waals surface area (Å²) in [6.45, 7) is 1.10. The van der Waals surface area contributed by atoms with Crippen LogP contribution in [-0.2, 0) is 4.79 Å². The fourth-order valence-corrected chi connectivity index (χ4v) is 3.16. The van der Waals surface area contributed by atoms with Crippen molar-refractivity contribution in [3.63, 3.8) is 0 Å². The number of para-hydroxylation sites is 1. The van der Waals surface area contributed by atoms with Crippen LogP contribution in [0.3, 0.4) is 0 Å². The lowest BCUT2D eigenvalue weighted by molar-refractivity contribution is -0.121. The molecule has 0 radical (unpaired) electrons. The van der Waals surface area contributed by atoms with Gasteiger partial charge in [0.1, 0.15) is 6.26 Å². The molecule has 0 saturated carbocycles. The van der Waals surface area contributed by atoms with Crippen LogP contribution in [0.4, 0.5) is 5.69 Å². The topological polar surface area (TPSA) is 91.7 Å². The van der Waals surface area contributed by atoms with Gasteiger partial charge in [-0.1, -0.05) is 18.1 Å². The lowest BCUT2D eigenvalue weighted by Gasteiger charge is -2.31. The first-order valence-corrected chi connectivity index (χ1v) is 9.03. The van der Waals surface area contributed by atoms with Gasteiger partial charge in [-0.15, -0.1) is 6.42 Å². The molecule has 3 rings (SSSR count). The molecule has 3 amide bonds. The fraction of sp³-hybridized carbons (Fsp3) is 0.286. The number of amides is 3. The second-order valence-electron chi connectivity index (χ2n) is 6.50. The summed E-state index contributed by atoms with van der Waals surface area (Å²) in [5.41, 5.74) is 1.31. The molecule has 2 aromatic rings. The van der Waals surface area contributed by atoms with Crippen molar-refractivity contribution in [2.75, 3.05) is 25.0 Å². The average molecular weight is 379 g/mol. The zero-order valence-corrected chi connectivity index (χ0v) is 15.3. The van der Waals surface area contributed by atoms with Crippen molar-refractivity contribution >= 4 is 23.4 Å². The van der Waals surface area contributed by atoms with Crippen LogP contribution in [0.25, 0.3) is 0 Å². The minimum atomic E-state index is -0.339. The van der Waals surface area contributed by atoms with Gasteiger partial charge >= 0.3 is 0 Å². The third-order valence-electron chi connectivity index (χ3n) is 4.70. The van der Waals surface area contributed by atoms with Crippen molar-refractivity contribution in [2.24, 2.45) is 5.92 Å². The van der Waals surface area contributed by atoms with E-state index in [0.29, 0.717) is 42.7 Å². The van der Waals surface area contributed by atoms with Crippen molar-refractivity contribution in [2.45, 2.75) is 12.8 Å². The molecule has 0 unspecified atom stereocenters. The molecule has 1 aromatic heterocycles. The average Bonchev–Trinajstić information content (AvgIpc) is 3.27. The summed E-state index contributed by atoms with van der Waals surface area (Å²) in [5.74, 6) is 1.53. The number of benzene rings is 1. The number of likely N-dealkylation sites (tertiary alicyclic amines) is 1. The van der Waals surface area contributed by atoms with Gasteiger partial charge in [0.25, 0.3) is 11.8 Å². The summed E-state index contributed by atoms with van der Waals surface area (Å²) < 4.78 is 4.95. The van der Waals surface area contributed by atoms with Crippen LogP contribution in [0.2, 0.25) is 0 Å². The molecule has 1 fully saturated rings. The van der Waals surface area contributed by atoms with Crippen LogP contribution in [-0.4, -0.2) is 42.3 Å². The van der Waals surface area contributed by atoms with E-state index >= 15 is 0 Å². The third kappa shape index (κ3) is 4.41. The third-order valence-corrected chi connectivity index (χ3v) is 4.70. The molecule has 1 saturated heterocycles. The predicted octanol–water partition coefficient (Wildman–Crippen LogP) is 2.13. The highest BCUT2D eigenvalue weighted by molar-refractivity contribution is 6.04. The van der Waals surface area contributed by atoms with Gasteiger partial charge in [-0.25, -0.2) is 0 Å². The predicted molar refractivity (Wildman–Crippen MR) is 104 cm³/mol. The number of nitrogens with one attached hydrogen (secondary N) is 2. The minimum Gasteiger partial charge on any atom is -0.472 e. The van der Waals surface area contributed by atoms with Gasteiger partial charge < -0.3 is 20.0 Å². The Balaban J connectivity index is 1.59. The quantitative estimate of drug-likeness (QED) is 0.779. The smallest absolute Gasteiger partial charge is 0.257 e. The summed E-state index contributed by atoms with van der Waals surface area (Å²) in [6.07, 6.45) is 9.16. The Labute approximate surface area is 163 Å². The fourth-order valence-electron chi connectivity index (χ4n) is 3.16. The van der Waals surface area contributed by atoms with E-state index in [1.54, 1.807) is 35.2 Å². The first-order chi connectivity index (χ1) is 13.6. The standard InChI is InChI=1S/C21H21N3O4/c1-2-10-22-20(26)17-5-3-4-6-18(17)23-19(25)15-7-11-24(12-8-15)21(27)16-9-13-28-14-16/h1,3-6,9,13-15H,7-8,10-12H2,(H,22,26)(H,23,25). The van der Waals surface area contributed by atoms with E-state index in [9.17, 15) is 14.4 Å². The normalized spacial score (nSPS) is 14.2. The lowest BCUT2D eigenvalue weighted by Crippen LogP contribution is -2.41. The van der Waals surface area contributed by atoms with Gasteiger partial charge in [0, 0.05) is 19.0 Å². The molecule has 1 aliphatic heterocycles. The van der Waals surface area contributed by atoms with Crippen LogP contribution in [0.15, 0.2) is 47.3 Å². The summed E-state index contributed by atoms with van der Waals surface area (Å²) in [7, 11) is 0. The Morgan fingerprint density at radius 1 is 1.18 bits per heavy atom. The SMILES string of the molecule is C#CCNC(=O)c1ccccc1NC(=O)C1CCN(C(=O)c2ccoc2)CC1. The number of rotatable bonds is 5. The van der Waals surface area contributed by atoms with E-state index in [1.807, 2.05) is 0 Å². The zero-order chi connectivity index (χ0) is 19.9. The van der Waals surface area contributed by atoms with Crippen molar-refractivity contribution < 1.29 is 18.8 Å². The summed E-state index contributed by atoms with van der Waals surface area (Å²) >= 11 is 0. The van der Waals surface area contributed by atoms with Gasteiger partial charge in [-0.05, 0) is 31.0 Å². The highest BCUT2D eigenvalue weighted by Crippen LogP contribution is 2.22. The summed E-state index contributed by atoms with van der Waals surface area (Å²) in [4.78, 5) is 38.9. The number of hydrogen-bond donors (Lipinski definition) is 2. The Bertz CT molecular complexity index is 891. The van der Waals surface area contributed by atoms with E-state index in [1.165, 1.54) is 12.5 Å². The molecule has 2 heterocycles. The number of hydrogen-bond acceptors (Lipinski definition) is 4. The molecule has 7 nitrogen and oxygen atoms in total. The monoisotopic (exact) mass is 379 g/mol. The molecule has 1 aliphatic rings. The number of furan rings is 1. The number of anilines is 1. The van der Waals surface area contributed by atoms with Crippen molar-refractivity contribution in [1.82, 2.24) is 10.2 Å². The van der Waals surface area contributed by atoms with Gasteiger partial charge in [0.2, 0.25) is 5.91 Å². The Kier molecular flexibility index (Phi) is 6.12. The molecule has 1 aromatic carbocycles. The van der Waals surface area contributed by atoms with Crippen LogP contribution >= 0.6 is 0 Å². The molecule has 144 valence electrons. The number of terminal acetylenes is 1. The van der Waals surface area contributed by atoms with Crippen LogP contribution in [0.1, 0.15) is 33.6 Å². The van der Waals surface area contributed by atoms with Crippen LogP contribution in [0, 0.1) is 18.3 Å². The second-order valence-corrected chi connectivity index (χ2v) is 6.50. The molecule has 7 heteroatoms. The molecular weight excluding hydrogens is 358 g/mol. The first kappa shape index (κ1) is 19.2. The number of nitrogens with zero attached hydrogens (tertiary/aromatic N) is 1. The Hall–Kier alpha value is -3.53. The number of piperidine rings is 1. The van der Waals surface area contributed by atoms with Gasteiger partial charge in [0.05, 0.1) is 29.6 Å². The number of carbonyl (C=O) groups is 3. The van der Waals surface area contributed by atoms with Crippen LogP contribution in [0.5, 0.6) is 0 Å². The van der Waals surface area contributed by atoms with E-state index in [2.05, 4.69) is 16.6 Å². The van der Waals surface area contributed by atoms with Gasteiger partial charge in [-0.2, -0.15) is 0 Å². The van der Waals surface area contributed by atoms with Gasteiger partial charge in [0.15, 0.2) is 0 Å². The highest BCUT2D eigenvalue weighted by atomic mass is 16.3. The molecular formula is C21H21N3O4. The van der Waals surface area contributed by atoms with Crippen molar-refractivity contribution in [3.05, 3.63) is 54.0 Å². The molecule has 0 atom stereocenters. The largest absolute Gasteiger partial charge is 0.472 e. The molecule has 0 bridgehead atoms. The van der Waals surface area contributed by atoms with Gasteiger partial charge in [-0.3, -0.25) is 14.4 Å². The number of carbonyl (C=O) groups excluding carboxylic acids is 3.